The fraction of sp³-hybridized carbons (Fsp3) is 0.0476. The Morgan fingerprint density at radius 2 is 2.10 bits per heavy atom. The van der Waals surface area contributed by atoms with E-state index in [1.807, 2.05) is 24.3 Å². The largest absolute Gasteiger partial charge is 0.456 e. The fourth-order valence-electron chi connectivity index (χ4n) is 2.78. The van der Waals surface area contributed by atoms with E-state index in [4.69, 9.17) is 4.42 Å². The van der Waals surface area contributed by atoms with Crippen molar-refractivity contribution in [3.8, 4) is 17.4 Å². The van der Waals surface area contributed by atoms with Crippen LogP contribution in [0.25, 0.3) is 27.6 Å². The van der Waals surface area contributed by atoms with Gasteiger partial charge in [0.05, 0.1) is 25.6 Å². The minimum Gasteiger partial charge on any atom is -0.456 e. The third-order valence-electron chi connectivity index (χ3n) is 4.10. The van der Waals surface area contributed by atoms with Gasteiger partial charge in [-0.1, -0.05) is 18.2 Å². The minimum atomic E-state index is -0.427. The number of furan rings is 1. The number of nitro benzene ring substituents is 1. The summed E-state index contributed by atoms with van der Waals surface area (Å²) in [4.78, 5) is 15.9. The van der Waals surface area contributed by atoms with Gasteiger partial charge in [-0.2, -0.15) is 5.26 Å². The lowest BCUT2D eigenvalue weighted by molar-refractivity contribution is -0.384. The van der Waals surface area contributed by atoms with Gasteiger partial charge in [-0.25, -0.2) is 4.98 Å². The number of allylic oxidation sites excluding steroid dienone is 1. The van der Waals surface area contributed by atoms with Crippen LogP contribution in [-0.4, -0.2) is 9.91 Å². The van der Waals surface area contributed by atoms with Gasteiger partial charge in [0.2, 0.25) is 0 Å². The van der Waals surface area contributed by atoms with Gasteiger partial charge < -0.3 is 4.42 Å². The number of rotatable bonds is 5. The van der Waals surface area contributed by atoms with Crippen molar-refractivity contribution in [1.82, 2.24) is 4.98 Å². The van der Waals surface area contributed by atoms with Crippen molar-refractivity contribution >= 4 is 45.1 Å². The summed E-state index contributed by atoms with van der Waals surface area (Å²) in [6, 6.07) is 18.3. The predicted molar refractivity (Wildman–Crippen MR) is 115 cm³/mol. The third kappa shape index (κ3) is 4.06. The highest BCUT2D eigenvalue weighted by Gasteiger charge is 2.18. The molecule has 0 bridgehead atoms. The Balaban J connectivity index is 1.62. The van der Waals surface area contributed by atoms with E-state index in [9.17, 15) is 15.4 Å². The number of hydrogen-bond donors (Lipinski definition) is 0. The standard InChI is InChI=1S/C21H13N3O3S2/c1-13-6-8-16(18(10-13)24(25)26)19-9-7-14(27-19)11-15(12-22)28-21-23-17-4-2-3-5-20(17)29-21/h2-11H,1H3. The number of thiazole rings is 1. The second-order valence-electron chi connectivity index (χ2n) is 6.15. The van der Waals surface area contributed by atoms with E-state index in [0.717, 1.165) is 20.1 Å². The van der Waals surface area contributed by atoms with Gasteiger partial charge in [-0.15, -0.1) is 11.3 Å². The van der Waals surface area contributed by atoms with Crippen LogP contribution in [-0.2, 0) is 0 Å². The SMILES string of the molecule is Cc1ccc(-c2ccc(C=C(C#N)Sc3nc4ccccc4s3)o2)c([N+](=O)[O-])c1. The summed E-state index contributed by atoms with van der Waals surface area (Å²) in [5, 5.41) is 20.9. The van der Waals surface area contributed by atoms with E-state index >= 15 is 0 Å². The number of fused-ring (bicyclic) bond motifs is 1. The van der Waals surface area contributed by atoms with E-state index in [0.29, 0.717) is 22.0 Å². The molecular formula is C21H13N3O3S2. The van der Waals surface area contributed by atoms with Gasteiger partial charge in [0.25, 0.3) is 5.69 Å². The maximum Gasteiger partial charge on any atom is 0.280 e. The van der Waals surface area contributed by atoms with Crippen LogP contribution >= 0.6 is 23.1 Å². The molecule has 0 aliphatic heterocycles. The highest BCUT2D eigenvalue weighted by molar-refractivity contribution is 8.05. The molecule has 0 fully saturated rings. The van der Waals surface area contributed by atoms with Crippen LogP contribution in [0.15, 0.2) is 68.3 Å². The molecule has 4 rings (SSSR count). The zero-order chi connectivity index (χ0) is 20.4. The number of nitriles is 1. The lowest BCUT2D eigenvalue weighted by atomic mass is 10.1. The van der Waals surface area contributed by atoms with Gasteiger partial charge in [0.15, 0.2) is 4.34 Å². The lowest BCUT2D eigenvalue weighted by Crippen LogP contribution is -1.92. The molecule has 0 radical (unpaired) electrons. The van der Waals surface area contributed by atoms with Gasteiger partial charge in [-0.05, 0) is 54.6 Å². The number of nitrogens with zero attached hydrogens (tertiary/aromatic N) is 3. The molecule has 2 aromatic carbocycles. The summed E-state index contributed by atoms with van der Waals surface area (Å²) in [6.07, 6.45) is 1.61. The van der Waals surface area contributed by atoms with Crippen molar-refractivity contribution < 1.29 is 9.34 Å². The van der Waals surface area contributed by atoms with Gasteiger partial charge in [-0.3, -0.25) is 10.1 Å². The normalized spacial score (nSPS) is 11.5. The quantitative estimate of drug-likeness (QED) is 0.160. The molecule has 4 aromatic rings. The second kappa shape index (κ2) is 7.91. The van der Waals surface area contributed by atoms with Crippen LogP contribution in [0.4, 0.5) is 5.69 Å². The van der Waals surface area contributed by atoms with E-state index in [2.05, 4.69) is 11.1 Å². The molecular weight excluding hydrogens is 406 g/mol. The zero-order valence-corrected chi connectivity index (χ0v) is 16.8. The van der Waals surface area contributed by atoms with Crippen LogP contribution in [0, 0.1) is 28.4 Å². The van der Waals surface area contributed by atoms with Crippen LogP contribution in [0.3, 0.4) is 0 Å². The highest BCUT2D eigenvalue weighted by Crippen LogP contribution is 2.36. The zero-order valence-electron chi connectivity index (χ0n) is 15.2. The molecule has 6 nitrogen and oxygen atoms in total. The number of para-hydroxylation sites is 1. The first-order valence-corrected chi connectivity index (χ1v) is 10.2. The first-order chi connectivity index (χ1) is 14.0. The minimum absolute atomic E-state index is 0.0146. The first-order valence-electron chi connectivity index (χ1n) is 8.54. The molecule has 8 heteroatoms. The summed E-state index contributed by atoms with van der Waals surface area (Å²) < 4.78 is 7.59. The third-order valence-corrected chi connectivity index (χ3v) is 6.12. The number of nitro groups is 1. The molecule has 142 valence electrons. The molecule has 0 spiro atoms. The Hall–Kier alpha value is -3.41. The maximum atomic E-state index is 11.4. The smallest absolute Gasteiger partial charge is 0.280 e. The predicted octanol–water partition coefficient (Wildman–Crippen LogP) is 6.43. The Morgan fingerprint density at radius 3 is 2.86 bits per heavy atom. The molecule has 2 aromatic heterocycles. The van der Waals surface area contributed by atoms with Crippen molar-refractivity contribution in [2.75, 3.05) is 0 Å². The number of benzene rings is 2. The van der Waals surface area contributed by atoms with E-state index in [1.54, 1.807) is 37.3 Å². The van der Waals surface area contributed by atoms with Crippen LogP contribution in [0.1, 0.15) is 11.3 Å². The van der Waals surface area contributed by atoms with Crippen molar-refractivity contribution in [2.45, 2.75) is 11.3 Å². The van der Waals surface area contributed by atoms with Crippen molar-refractivity contribution in [1.29, 1.82) is 5.26 Å². The monoisotopic (exact) mass is 419 g/mol. The highest BCUT2D eigenvalue weighted by atomic mass is 32.2. The number of aromatic nitrogens is 1. The Kier molecular flexibility index (Phi) is 5.16. The van der Waals surface area contributed by atoms with Crippen molar-refractivity contribution in [2.24, 2.45) is 0 Å². The van der Waals surface area contributed by atoms with Crippen LogP contribution < -0.4 is 0 Å². The number of hydrogen-bond acceptors (Lipinski definition) is 7. The average Bonchev–Trinajstić information content (AvgIpc) is 3.33. The molecule has 0 aliphatic rings. The van der Waals surface area contributed by atoms with Crippen molar-refractivity contribution in [3.63, 3.8) is 0 Å². The van der Waals surface area contributed by atoms with Crippen molar-refractivity contribution in [3.05, 3.63) is 80.9 Å². The summed E-state index contributed by atoms with van der Waals surface area (Å²) in [5.74, 6) is 0.824. The average molecular weight is 419 g/mol. The van der Waals surface area contributed by atoms with Gasteiger partial charge in [0.1, 0.15) is 17.6 Å². The summed E-state index contributed by atoms with van der Waals surface area (Å²) in [5.41, 5.74) is 2.08. The van der Waals surface area contributed by atoms with Crippen LogP contribution in [0.5, 0.6) is 0 Å². The lowest BCUT2D eigenvalue weighted by Gasteiger charge is -2.01. The molecule has 0 aliphatic carbocycles. The molecule has 0 saturated carbocycles. The summed E-state index contributed by atoms with van der Waals surface area (Å²) in [6.45, 7) is 1.80. The molecule has 0 saturated heterocycles. The molecule has 29 heavy (non-hydrogen) atoms. The molecule has 0 N–H and O–H groups in total. The Labute approximate surface area is 174 Å². The van der Waals surface area contributed by atoms with E-state index in [1.165, 1.54) is 29.2 Å². The summed E-state index contributed by atoms with van der Waals surface area (Å²) >= 11 is 2.78. The fourth-order valence-corrected chi connectivity index (χ4v) is 4.73. The molecule has 0 amide bonds. The topological polar surface area (TPSA) is 93.0 Å². The molecule has 2 heterocycles. The Bertz CT molecular complexity index is 1260. The first kappa shape index (κ1) is 18.9. The molecule has 0 atom stereocenters. The van der Waals surface area contributed by atoms with Crippen LogP contribution in [0.2, 0.25) is 0 Å². The maximum absolute atomic E-state index is 11.4. The number of thioether (sulfide) groups is 1. The van der Waals surface area contributed by atoms with Gasteiger partial charge in [0, 0.05) is 12.1 Å². The van der Waals surface area contributed by atoms with E-state index < -0.39 is 4.92 Å². The number of aryl methyl sites for hydroxylation is 1. The second-order valence-corrected chi connectivity index (χ2v) is 8.47. The Morgan fingerprint density at radius 1 is 1.28 bits per heavy atom. The van der Waals surface area contributed by atoms with E-state index in [-0.39, 0.29) is 5.69 Å². The molecule has 0 unspecified atom stereocenters. The van der Waals surface area contributed by atoms with Gasteiger partial charge >= 0.3 is 0 Å². The summed E-state index contributed by atoms with van der Waals surface area (Å²) in [7, 11) is 0.